The van der Waals surface area contributed by atoms with Crippen LogP contribution in [0.4, 0.5) is 0 Å². The molecular formula is C28H29N5O3. The second-order valence-corrected chi connectivity index (χ2v) is 10.8. The Labute approximate surface area is 209 Å². The third-order valence-electron chi connectivity index (χ3n) is 7.36. The van der Waals surface area contributed by atoms with Gasteiger partial charge in [0.2, 0.25) is 5.91 Å². The zero-order chi connectivity index (χ0) is 25.8. The van der Waals surface area contributed by atoms with E-state index >= 15 is 0 Å². The Balaban J connectivity index is 1.43. The number of rotatable bonds is 4. The van der Waals surface area contributed by atoms with Crippen molar-refractivity contribution in [2.24, 2.45) is 11.1 Å². The van der Waals surface area contributed by atoms with E-state index in [0.29, 0.717) is 29.9 Å². The number of fused-ring (bicyclic) bond motifs is 3. The van der Waals surface area contributed by atoms with Crippen LogP contribution in [0.2, 0.25) is 0 Å². The molecule has 3 aromatic rings. The second-order valence-electron chi connectivity index (χ2n) is 10.8. The number of carbonyl (C=O) groups is 3. The van der Waals surface area contributed by atoms with Crippen molar-refractivity contribution in [3.8, 4) is 6.07 Å². The van der Waals surface area contributed by atoms with Crippen LogP contribution in [0.25, 0.3) is 10.9 Å². The molecule has 2 N–H and O–H groups in total. The zero-order valence-electron chi connectivity index (χ0n) is 20.6. The molecule has 0 spiro atoms. The Kier molecular flexibility index (Phi) is 5.59. The predicted molar refractivity (Wildman–Crippen MR) is 135 cm³/mol. The average molecular weight is 484 g/mol. The van der Waals surface area contributed by atoms with Gasteiger partial charge in [0.05, 0.1) is 23.7 Å². The van der Waals surface area contributed by atoms with Gasteiger partial charge in [-0.3, -0.25) is 14.4 Å². The van der Waals surface area contributed by atoms with Crippen LogP contribution in [-0.4, -0.2) is 57.3 Å². The van der Waals surface area contributed by atoms with Crippen LogP contribution in [0.3, 0.4) is 0 Å². The van der Waals surface area contributed by atoms with Gasteiger partial charge in [-0.05, 0) is 48.2 Å². The van der Waals surface area contributed by atoms with Crippen molar-refractivity contribution in [3.05, 3.63) is 71.4 Å². The number of hydrogen-bond acceptors (Lipinski definition) is 4. The standard InChI is InChI=1S/C28H29N5O3/c1-28(2,3)24(33-22-7-5-4-6-19(22)12-23(33)25(30)34)27(36)32-16-20-13-21(32)15-31(20)26(35)18-10-8-17(14-29)9-11-18/h4-12,20-21,24H,13,15-16H2,1-3H3,(H2,30,34)/t20-,21-,24+/m0/s1. The highest BCUT2D eigenvalue weighted by Gasteiger charge is 2.50. The number of amides is 3. The lowest BCUT2D eigenvalue weighted by atomic mass is 9.85. The molecule has 0 radical (unpaired) electrons. The molecule has 2 aliphatic rings. The van der Waals surface area contributed by atoms with E-state index in [1.807, 2.05) is 54.8 Å². The number of benzene rings is 2. The van der Waals surface area contributed by atoms with E-state index in [-0.39, 0.29) is 23.9 Å². The predicted octanol–water partition coefficient (Wildman–Crippen LogP) is 3.32. The molecule has 0 saturated carbocycles. The number of nitrogens with zero attached hydrogens (tertiary/aromatic N) is 4. The summed E-state index contributed by atoms with van der Waals surface area (Å²) in [5.41, 5.74) is 7.41. The van der Waals surface area contributed by atoms with Gasteiger partial charge < -0.3 is 20.1 Å². The summed E-state index contributed by atoms with van der Waals surface area (Å²) < 4.78 is 1.80. The molecular weight excluding hydrogens is 454 g/mol. The molecule has 0 aliphatic carbocycles. The van der Waals surface area contributed by atoms with Crippen molar-refractivity contribution in [1.29, 1.82) is 5.26 Å². The fraction of sp³-hybridized carbons (Fsp3) is 0.357. The van der Waals surface area contributed by atoms with Gasteiger partial charge in [0.15, 0.2) is 0 Å². The molecule has 184 valence electrons. The molecule has 2 saturated heterocycles. The molecule has 3 heterocycles. The van der Waals surface area contributed by atoms with Crippen LogP contribution in [0.5, 0.6) is 0 Å². The van der Waals surface area contributed by atoms with E-state index in [0.717, 1.165) is 17.3 Å². The van der Waals surface area contributed by atoms with Crippen LogP contribution in [0.1, 0.15) is 59.6 Å². The summed E-state index contributed by atoms with van der Waals surface area (Å²) >= 11 is 0. The number of aromatic nitrogens is 1. The number of primary amides is 1. The molecule has 5 rings (SSSR count). The Morgan fingerprint density at radius 1 is 1.00 bits per heavy atom. The smallest absolute Gasteiger partial charge is 0.265 e. The summed E-state index contributed by atoms with van der Waals surface area (Å²) in [5.74, 6) is -0.724. The van der Waals surface area contributed by atoms with Crippen LogP contribution in [0.15, 0.2) is 54.6 Å². The summed E-state index contributed by atoms with van der Waals surface area (Å²) in [4.78, 5) is 43.4. The first-order valence-electron chi connectivity index (χ1n) is 12.1. The monoisotopic (exact) mass is 483 g/mol. The van der Waals surface area contributed by atoms with Gasteiger partial charge in [-0.25, -0.2) is 0 Å². The van der Waals surface area contributed by atoms with E-state index in [4.69, 9.17) is 11.0 Å². The van der Waals surface area contributed by atoms with Gasteiger partial charge in [0, 0.05) is 29.6 Å². The van der Waals surface area contributed by atoms with Crippen LogP contribution in [-0.2, 0) is 4.79 Å². The number of likely N-dealkylation sites (tertiary alicyclic amines) is 2. The van der Waals surface area contributed by atoms with E-state index < -0.39 is 17.4 Å². The number of carbonyl (C=O) groups excluding carboxylic acids is 3. The van der Waals surface area contributed by atoms with E-state index in [1.54, 1.807) is 34.9 Å². The van der Waals surface area contributed by atoms with Crippen LogP contribution < -0.4 is 5.73 Å². The molecule has 0 unspecified atom stereocenters. The second kappa shape index (κ2) is 8.52. The van der Waals surface area contributed by atoms with Crippen LogP contribution in [0, 0.1) is 16.7 Å². The molecule has 2 bridgehead atoms. The first kappa shape index (κ1) is 23.6. The lowest BCUT2D eigenvalue weighted by molar-refractivity contribution is -0.140. The van der Waals surface area contributed by atoms with E-state index in [1.165, 1.54) is 0 Å². The summed E-state index contributed by atoms with van der Waals surface area (Å²) in [6.07, 6.45) is 0.722. The third-order valence-corrected chi connectivity index (χ3v) is 7.36. The van der Waals surface area contributed by atoms with Gasteiger partial charge in [0.1, 0.15) is 11.7 Å². The Morgan fingerprint density at radius 2 is 1.64 bits per heavy atom. The largest absolute Gasteiger partial charge is 0.364 e. The maximum Gasteiger partial charge on any atom is 0.265 e. The first-order valence-corrected chi connectivity index (χ1v) is 12.1. The molecule has 2 aromatic carbocycles. The van der Waals surface area contributed by atoms with Gasteiger partial charge >= 0.3 is 0 Å². The quantitative estimate of drug-likeness (QED) is 0.613. The number of nitriles is 1. The highest BCUT2D eigenvalue weighted by atomic mass is 16.2. The molecule has 8 heteroatoms. The van der Waals surface area contributed by atoms with Crippen molar-refractivity contribution in [2.45, 2.75) is 45.3 Å². The normalized spacial score (nSPS) is 19.9. The minimum absolute atomic E-state index is 0.0654. The Morgan fingerprint density at radius 3 is 2.22 bits per heavy atom. The van der Waals surface area contributed by atoms with Gasteiger partial charge in [-0.1, -0.05) is 39.0 Å². The summed E-state index contributed by atoms with van der Waals surface area (Å²) in [7, 11) is 0. The number of para-hydroxylation sites is 1. The SMILES string of the molecule is CC(C)(C)[C@@H](C(=O)N1C[C@@H]2C[C@H]1CN2C(=O)c1ccc(C#N)cc1)n1c(C(N)=O)cc2ccccc21. The fourth-order valence-corrected chi connectivity index (χ4v) is 5.71. The fourth-order valence-electron chi connectivity index (χ4n) is 5.71. The lowest BCUT2D eigenvalue weighted by Crippen LogP contribution is -2.53. The van der Waals surface area contributed by atoms with Gasteiger partial charge in [-0.15, -0.1) is 0 Å². The third kappa shape index (κ3) is 3.81. The van der Waals surface area contributed by atoms with Crippen molar-refractivity contribution in [2.75, 3.05) is 13.1 Å². The molecule has 8 nitrogen and oxygen atoms in total. The molecule has 3 amide bonds. The zero-order valence-corrected chi connectivity index (χ0v) is 20.6. The van der Waals surface area contributed by atoms with Gasteiger partial charge in [0.25, 0.3) is 11.8 Å². The lowest BCUT2D eigenvalue weighted by Gasteiger charge is -2.40. The minimum Gasteiger partial charge on any atom is -0.364 e. The van der Waals surface area contributed by atoms with Gasteiger partial charge in [-0.2, -0.15) is 5.26 Å². The molecule has 3 atom stereocenters. The van der Waals surface area contributed by atoms with E-state index in [9.17, 15) is 14.4 Å². The summed E-state index contributed by atoms with van der Waals surface area (Å²) in [5, 5.41) is 9.87. The van der Waals surface area contributed by atoms with Crippen molar-refractivity contribution < 1.29 is 14.4 Å². The Bertz CT molecular complexity index is 1410. The maximum absolute atomic E-state index is 14.1. The van der Waals surface area contributed by atoms with E-state index in [2.05, 4.69) is 6.07 Å². The van der Waals surface area contributed by atoms with Crippen molar-refractivity contribution in [3.63, 3.8) is 0 Å². The summed E-state index contributed by atoms with van der Waals surface area (Å²) in [6, 6.07) is 17.2. The molecule has 36 heavy (non-hydrogen) atoms. The maximum atomic E-state index is 14.1. The topological polar surface area (TPSA) is 112 Å². The Hall–Kier alpha value is -4.12. The number of piperazine rings is 1. The number of nitrogens with two attached hydrogens (primary N) is 1. The first-order chi connectivity index (χ1) is 17.1. The van der Waals surface area contributed by atoms with Crippen LogP contribution >= 0.6 is 0 Å². The highest BCUT2D eigenvalue weighted by molar-refractivity contribution is 5.99. The van der Waals surface area contributed by atoms with Crippen molar-refractivity contribution >= 4 is 28.6 Å². The molecule has 1 aromatic heterocycles. The average Bonchev–Trinajstić information content (AvgIpc) is 3.56. The molecule has 2 fully saturated rings. The summed E-state index contributed by atoms with van der Waals surface area (Å²) in [6.45, 7) is 6.88. The number of hydrogen-bond donors (Lipinski definition) is 1. The highest BCUT2D eigenvalue weighted by Crippen LogP contribution is 2.40. The molecule has 2 aliphatic heterocycles. The van der Waals surface area contributed by atoms with Crippen molar-refractivity contribution in [1.82, 2.24) is 14.4 Å². The minimum atomic E-state index is -0.637.